The SMILES string of the molecule is CCCOc1ccc(C2C(=C(O)c3cccc(OCCC)c3)C(=O)C(=O)N2CCCN(C)C)cc1. The van der Waals surface area contributed by atoms with Crippen molar-refractivity contribution in [1.82, 2.24) is 9.80 Å². The molecule has 2 aromatic rings. The van der Waals surface area contributed by atoms with Crippen LogP contribution in [0.5, 0.6) is 11.5 Å². The fourth-order valence-electron chi connectivity index (χ4n) is 4.09. The van der Waals surface area contributed by atoms with E-state index in [1.54, 1.807) is 29.2 Å². The molecule has 1 unspecified atom stereocenters. The van der Waals surface area contributed by atoms with Gasteiger partial charge in [0.05, 0.1) is 24.8 Å². The summed E-state index contributed by atoms with van der Waals surface area (Å²) in [6.07, 6.45) is 2.45. The van der Waals surface area contributed by atoms with Crippen molar-refractivity contribution in [3.05, 3.63) is 65.2 Å². The number of aliphatic hydroxyl groups is 1. The lowest BCUT2D eigenvalue weighted by Gasteiger charge is -2.26. The Morgan fingerprint density at radius 3 is 2.26 bits per heavy atom. The van der Waals surface area contributed by atoms with E-state index in [0.717, 1.165) is 30.7 Å². The van der Waals surface area contributed by atoms with E-state index in [9.17, 15) is 14.7 Å². The van der Waals surface area contributed by atoms with E-state index >= 15 is 0 Å². The summed E-state index contributed by atoms with van der Waals surface area (Å²) in [6.45, 7) is 6.39. The average Bonchev–Trinajstić information content (AvgIpc) is 3.11. The monoisotopic (exact) mass is 480 g/mol. The topological polar surface area (TPSA) is 79.3 Å². The van der Waals surface area contributed by atoms with Gasteiger partial charge < -0.3 is 24.4 Å². The molecule has 0 radical (unpaired) electrons. The largest absolute Gasteiger partial charge is 0.507 e. The summed E-state index contributed by atoms with van der Waals surface area (Å²) in [4.78, 5) is 29.9. The van der Waals surface area contributed by atoms with Gasteiger partial charge in [-0.15, -0.1) is 0 Å². The minimum Gasteiger partial charge on any atom is -0.507 e. The molecule has 0 bridgehead atoms. The highest BCUT2D eigenvalue weighted by atomic mass is 16.5. The van der Waals surface area contributed by atoms with Crippen LogP contribution in [0.1, 0.15) is 50.3 Å². The first-order chi connectivity index (χ1) is 16.9. The summed E-state index contributed by atoms with van der Waals surface area (Å²) in [6, 6.07) is 13.7. The lowest BCUT2D eigenvalue weighted by atomic mass is 9.95. The van der Waals surface area contributed by atoms with E-state index in [2.05, 4.69) is 0 Å². The van der Waals surface area contributed by atoms with Gasteiger partial charge in [0, 0.05) is 12.1 Å². The molecular weight excluding hydrogens is 444 g/mol. The third kappa shape index (κ3) is 6.42. The number of Topliss-reactive ketones (excluding diaryl/α,β-unsaturated/α-hetero) is 1. The third-order valence-corrected chi connectivity index (χ3v) is 5.79. The van der Waals surface area contributed by atoms with Crippen LogP contribution < -0.4 is 9.47 Å². The Bertz CT molecular complexity index is 1050. The molecule has 0 saturated carbocycles. The number of hydrogen-bond acceptors (Lipinski definition) is 6. The zero-order valence-electron chi connectivity index (χ0n) is 21.1. The van der Waals surface area contributed by atoms with Gasteiger partial charge >= 0.3 is 0 Å². The van der Waals surface area contributed by atoms with Crippen LogP contribution in [0, 0.1) is 0 Å². The summed E-state index contributed by atoms with van der Waals surface area (Å²) in [7, 11) is 3.93. The minimum atomic E-state index is -0.683. The summed E-state index contributed by atoms with van der Waals surface area (Å²) in [5, 5.41) is 11.3. The first-order valence-electron chi connectivity index (χ1n) is 12.3. The molecule has 1 aliphatic rings. The van der Waals surface area contributed by atoms with Crippen molar-refractivity contribution in [3.8, 4) is 11.5 Å². The van der Waals surface area contributed by atoms with Crippen LogP contribution in [0.2, 0.25) is 0 Å². The van der Waals surface area contributed by atoms with Crippen LogP contribution in [0.4, 0.5) is 0 Å². The van der Waals surface area contributed by atoms with E-state index in [0.29, 0.717) is 37.5 Å². The Balaban J connectivity index is 2.03. The number of carbonyl (C=O) groups excluding carboxylic acids is 2. The van der Waals surface area contributed by atoms with Gasteiger partial charge in [-0.05, 0) is 69.7 Å². The van der Waals surface area contributed by atoms with E-state index in [1.165, 1.54) is 0 Å². The summed E-state index contributed by atoms with van der Waals surface area (Å²) >= 11 is 0. The fraction of sp³-hybridized carbons (Fsp3) is 0.429. The predicted octanol–water partition coefficient (Wildman–Crippen LogP) is 4.64. The van der Waals surface area contributed by atoms with Crippen molar-refractivity contribution in [2.45, 2.75) is 39.2 Å². The van der Waals surface area contributed by atoms with Crippen molar-refractivity contribution in [2.24, 2.45) is 0 Å². The van der Waals surface area contributed by atoms with E-state index < -0.39 is 17.7 Å². The molecule has 1 saturated heterocycles. The normalized spacial score (nSPS) is 17.3. The molecule has 1 atom stereocenters. The maximum atomic E-state index is 13.2. The molecule has 1 heterocycles. The molecule has 7 heteroatoms. The van der Waals surface area contributed by atoms with Gasteiger partial charge in [-0.3, -0.25) is 9.59 Å². The first-order valence-corrected chi connectivity index (χ1v) is 12.3. The molecule has 7 nitrogen and oxygen atoms in total. The van der Waals surface area contributed by atoms with Crippen LogP contribution in [0.3, 0.4) is 0 Å². The van der Waals surface area contributed by atoms with Crippen LogP contribution in [0.15, 0.2) is 54.1 Å². The first kappa shape index (κ1) is 26.3. The fourth-order valence-corrected chi connectivity index (χ4v) is 4.09. The molecule has 1 fully saturated rings. The van der Waals surface area contributed by atoms with Crippen LogP contribution in [0.25, 0.3) is 5.76 Å². The van der Waals surface area contributed by atoms with Crippen molar-refractivity contribution >= 4 is 17.4 Å². The predicted molar refractivity (Wildman–Crippen MR) is 137 cm³/mol. The average molecular weight is 481 g/mol. The van der Waals surface area contributed by atoms with Gasteiger partial charge in [0.2, 0.25) is 0 Å². The Kier molecular flexibility index (Phi) is 9.32. The number of rotatable bonds is 12. The number of aliphatic hydroxyl groups excluding tert-OH is 1. The molecule has 1 N–H and O–H groups in total. The van der Waals surface area contributed by atoms with Gasteiger partial charge in [0.25, 0.3) is 11.7 Å². The number of carbonyl (C=O) groups is 2. The molecule has 2 aromatic carbocycles. The summed E-state index contributed by atoms with van der Waals surface area (Å²) in [5.41, 5.74) is 1.28. The molecule has 35 heavy (non-hydrogen) atoms. The minimum absolute atomic E-state index is 0.0923. The maximum Gasteiger partial charge on any atom is 0.295 e. The highest BCUT2D eigenvalue weighted by Crippen LogP contribution is 2.40. The van der Waals surface area contributed by atoms with Gasteiger partial charge in [-0.2, -0.15) is 0 Å². The second-order valence-electron chi connectivity index (χ2n) is 8.94. The Morgan fingerprint density at radius 2 is 1.63 bits per heavy atom. The van der Waals surface area contributed by atoms with E-state index in [4.69, 9.17) is 9.47 Å². The number of amides is 1. The Hall–Kier alpha value is -3.32. The quantitative estimate of drug-likeness (QED) is 0.271. The Labute approximate surface area is 207 Å². The van der Waals surface area contributed by atoms with Crippen molar-refractivity contribution in [2.75, 3.05) is 40.4 Å². The molecule has 188 valence electrons. The zero-order chi connectivity index (χ0) is 25.4. The number of benzene rings is 2. The van der Waals surface area contributed by atoms with E-state index in [1.807, 2.05) is 57.1 Å². The second kappa shape index (κ2) is 12.4. The maximum absolute atomic E-state index is 13.2. The molecule has 0 spiro atoms. The molecule has 1 amide bonds. The lowest BCUT2D eigenvalue weighted by Crippen LogP contribution is -2.32. The van der Waals surface area contributed by atoms with Crippen LogP contribution in [-0.2, 0) is 9.59 Å². The van der Waals surface area contributed by atoms with Gasteiger partial charge in [-0.25, -0.2) is 0 Å². The van der Waals surface area contributed by atoms with Crippen molar-refractivity contribution in [1.29, 1.82) is 0 Å². The van der Waals surface area contributed by atoms with Crippen molar-refractivity contribution < 1.29 is 24.2 Å². The second-order valence-corrected chi connectivity index (χ2v) is 8.94. The molecule has 1 aliphatic heterocycles. The van der Waals surface area contributed by atoms with E-state index in [-0.39, 0.29) is 11.3 Å². The number of ether oxygens (including phenoxy) is 2. The Morgan fingerprint density at radius 1 is 0.971 bits per heavy atom. The van der Waals surface area contributed by atoms with Gasteiger partial charge in [0.15, 0.2) is 0 Å². The summed E-state index contributed by atoms with van der Waals surface area (Å²) in [5.74, 6) is -0.147. The highest BCUT2D eigenvalue weighted by Gasteiger charge is 2.45. The van der Waals surface area contributed by atoms with Gasteiger partial charge in [0.1, 0.15) is 17.3 Å². The number of nitrogens with zero attached hydrogens (tertiary/aromatic N) is 2. The number of ketones is 1. The third-order valence-electron chi connectivity index (χ3n) is 5.79. The van der Waals surface area contributed by atoms with Gasteiger partial charge in [-0.1, -0.05) is 38.1 Å². The standard InChI is InChI=1S/C28H36N2O5/c1-5-17-34-22-13-11-20(12-14-22)25-24(27(32)28(33)30(25)16-8-15-29(3)4)26(31)21-9-7-10-23(19-21)35-18-6-2/h7,9-14,19,25,31H,5-6,8,15-18H2,1-4H3. The smallest absolute Gasteiger partial charge is 0.295 e. The zero-order valence-corrected chi connectivity index (χ0v) is 21.1. The summed E-state index contributed by atoms with van der Waals surface area (Å²) < 4.78 is 11.4. The molecular formula is C28H36N2O5. The highest BCUT2D eigenvalue weighted by molar-refractivity contribution is 6.46. The molecule has 0 aromatic heterocycles. The molecule has 3 rings (SSSR count). The van der Waals surface area contributed by atoms with Crippen molar-refractivity contribution in [3.63, 3.8) is 0 Å². The van der Waals surface area contributed by atoms with Crippen LogP contribution in [-0.4, -0.2) is 67.0 Å². The number of likely N-dealkylation sites (tertiary alicyclic amines) is 1. The number of hydrogen-bond donors (Lipinski definition) is 1. The molecule has 0 aliphatic carbocycles. The lowest BCUT2D eigenvalue weighted by molar-refractivity contribution is -0.139. The van der Waals surface area contributed by atoms with Crippen LogP contribution >= 0.6 is 0 Å².